The Hall–Kier alpha value is -2.48. The maximum atomic E-state index is 12.7. The van der Waals surface area contributed by atoms with Crippen molar-refractivity contribution in [1.29, 1.82) is 0 Å². The van der Waals surface area contributed by atoms with E-state index in [9.17, 15) is 4.79 Å². The molecule has 2 aliphatic heterocycles. The Bertz CT molecular complexity index is 647. The van der Waals surface area contributed by atoms with Crippen LogP contribution < -0.4 is 0 Å². The summed E-state index contributed by atoms with van der Waals surface area (Å²) >= 11 is 0. The number of carboxylic acid groups (broad SMARTS) is 2. The molecule has 0 radical (unpaired) electrons. The number of carbonyl (C=O) groups is 3. The molecule has 0 saturated carbocycles. The summed E-state index contributed by atoms with van der Waals surface area (Å²) in [5.74, 6) is -2.33. The van der Waals surface area contributed by atoms with Gasteiger partial charge in [-0.2, -0.15) is 0 Å². The molecule has 8 heteroatoms. The highest BCUT2D eigenvalue weighted by Crippen LogP contribution is 2.24. The van der Waals surface area contributed by atoms with E-state index in [0.717, 1.165) is 51.3 Å². The molecule has 28 heavy (non-hydrogen) atoms. The lowest BCUT2D eigenvalue weighted by atomic mass is 9.92. The fourth-order valence-corrected chi connectivity index (χ4v) is 3.71. The summed E-state index contributed by atoms with van der Waals surface area (Å²) in [7, 11) is 0. The van der Waals surface area contributed by atoms with Crippen molar-refractivity contribution in [3.8, 4) is 0 Å². The van der Waals surface area contributed by atoms with Crippen LogP contribution in [0.5, 0.6) is 0 Å². The van der Waals surface area contributed by atoms with Gasteiger partial charge in [0.2, 0.25) is 5.91 Å². The predicted octanol–water partition coefficient (Wildman–Crippen LogP) is 1.71. The molecule has 2 saturated heterocycles. The Morgan fingerprint density at radius 1 is 1.07 bits per heavy atom. The zero-order valence-corrected chi connectivity index (χ0v) is 16.3. The van der Waals surface area contributed by atoms with E-state index in [0.29, 0.717) is 11.8 Å². The fraction of sp³-hybridized carbons (Fsp3) is 0.600. The maximum Gasteiger partial charge on any atom is 0.414 e. The van der Waals surface area contributed by atoms with Gasteiger partial charge in [0, 0.05) is 31.7 Å². The van der Waals surface area contributed by atoms with Gasteiger partial charge in [0.15, 0.2) is 0 Å². The van der Waals surface area contributed by atoms with Gasteiger partial charge in [-0.1, -0.05) is 13.0 Å². The average Bonchev–Trinajstić information content (AvgIpc) is 2.69. The van der Waals surface area contributed by atoms with Crippen molar-refractivity contribution in [3.63, 3.8) is 0 Å². The van der Waals surface area contributed by atoms with Gasteiger partial charge >= 0.3 is 11.9 Å². The maximum absolute atomic E-state index is 12.7. The predicted molar refractivity (Wildman–Crippen MR) is 102 cm³/mol. The van der Waals surface area contributed by atoms with Crippen LogP contribution in [-0.4, -0.2) is 69.0 Å². The minimum Gasteiger partial charge on any atom is -0.473 e. The van der Waals surface area contributed by atoms with Gasteiger partial charge in [-0.05, 0) is 56.8 Å². The van der Waals surface area contributed by atoms with Crippen molar-refractivity contribution < 1.29 is 24.6 Å². The highest BCUT2D eigenvalue weighted by Gasteiger charge is 2.30. The summed E-state index contributed by atoms with van der Waals surface area (Å²) in [6.45, 7) is 7.12. The summed E-state index contributed by atoms with van der Waals surface area (Å²) < 4.78 is 0. The second-order valence-corrected chi connectivity index (χ2v) is 7.51. The van der Waals surface area contributed by atoms with Gasteiger partial charge in [-0.3, -0.25) is 14.7 Å². The largest absolute Gasteiger partial charge is 0.473 e. The molecule has 2 N–H and O–H groups in total. The molecule has 3 rings (SSSR count). The van der Waals surface area contributed by atoms with Crippen LogP contribution in [0.15, 0.2) is 24.4 Å². The fourth-order valence-electron chi connectivity index (χ4n) is 3.71. The Balaban J connectivity index is 0.000000409. The minimum absolute atomic E-state index is 0.241. The van der Waals surface area contributed by atoms with Crippen LogP contribution in [0.2, 0.25) is 0 Å². The van der Waals surface area contributed by atoms with Crippen LogP contribution in [0.3, 0.4) is 0 Å². The van der Waals surface area contributed by atoms with E-state index < -0.39 is 11.9 Å². The van der Waals surface area contributed by atoms with Crippen molar-refractivity contribution >= 4 is 17.8 Å². The molecular formula is C20H29N3O5. The van der Waals surface area contributed by atoms with Gasteiger partial charge in [0.25, 0.3) is 0 Å². The first-order chi connectivity index (χ1) is 13.4. The summed E-state index contributed by atoms with van der Waals surface area (Å²) in [6, 6.07) is 6.07. The number of aliphatic carboxylic acids is 2. The first kappa shape index (κ1) is 21.8. The number of likely N-dealkylation sites (tertiary alicyclic amines) is 2. The van der Waals surface area contributed by atoms with Crippen molar-refractivity contribution in [2.75, 3.05) is 26.2 Å². The molecule has 1 atom stereocenters. The lowest BCUT2D eigenvalue weighted by Gasteiger charge is -2.37. The molecule has 154 valence electrons. The van der Waals surface area contributed by atoms with Crippen LogP contribution in [0.1, 0.15) is 38.3 Å². The Labute approximate surface area is 165 Å². The number of rotatable bonds is 3. The number of amides is 1. The summed E-state index contributed by atoms with van der Waals surface area (Å²) in [5.41, 5.74) is 1.12. The summed E-state index contributed by atoms with van der Waals surface area (Å²) in [5, 5.41) is 14.8. The highest BCUT2D eigenvalue weighted by molar-refractivity contribution is 6.27. The van der Waals surface area contributed by atoms with E-state index in [-0.39, 0.29) is 5.92 Å². The molecule has 1 aromatic heterocycles. The first-order valence-corrected chi connectivity index (χ1v) is 9.74. The monoisotopic (exact) mass is 391 g/mol. The summed E-state index contributed by atoms with van der Waals surface area (Å²) in [4.78, 5) is 39.8. The lowest BCUT2D eigenvalue weighted by Crippen LogP contribution is -2.45. The number of carbonyl (C=O) groups excluding carboxylic acids is 1. The third-order valence-corrected chi connectivity index (χ3v) is 5.20. The van der Waals surface area contributed by atoms with Crippen LogP contribution >= 0.6 is 0 Å². The molecule has 0 aliphatic carbocycles. The van der Waals surface area contributed by atoms with Crippen molar-refractivity contribution in [1.82, 2.24) is 14.8 Å². The molecule has 0 aromatic carbocycles. The second kappa shape index (κ2) is 10.8. The van der Waals surface area contributed by atoms with Crippen LogP contribution in [0.4, 0.5) is 0 Å². The molecule has 1 unspecified atom stereocenters. The number of piperidine rings is 2. The van der Waals surface area contributed by atoms with E-state index in [2.05, 4.69) is 27.8 Å². The normalized spacial score (nSPS) is 20.8. The standard InChI is InChI=1S/C18H27N3O.C2H2O4/c1-15-5-4-10-21(13-15)18(22)16-7-11-20(12-8-16)14-17-6-2-3-9-19-17;3-1(4)2(5)6/h2-3,6,9,15-16H,4-5,7-8,10-14H2,1H3;(H,3,4)(H,5,6). The summed E-state index contributed by atoms with van der Waals surface area (Å²) in [6.07, 6.45) is 6.29. The molecule has 2 fully saturated rings. The molecule has 0 bridgehead atoms. The lowest BCUT2D eigenvalue weighted by molar-refractivity contribution is -0.159. The van der Waals surface area contributed by atoms with Crippen molar-refractivity contribution in [3.05, 3.63) is 30.1 Å². The van der Waals surface area contributed by atoms with Gasteiger partial charge in [0.1, 0.15) is 0 Å². The zero-order chi connectivity index (χ0) is 20.5. The highest BCUT2D eigenvalue weighted by atomic mass is 16.4. The number of aromatic nitrogens is 1. The third kappa shape index (κ3) is 6.92. The van der Waals surface area contributed by atoms with E-state index in [1.165, 1.54) is 12.8 Å². The van der Waals surface area contributed by atoms with Crippen molar-refractivity contribution in [2.45, 2.75) is 39.2 Å². The molecule has 3 heterocycles. The Kier molecular flexibility index (Phi) is 8.38. The quantitative estimate of drug-likeness (QED) is 0.755. The minimum atomic E-state index is -1.82. The topological polar surface area (TPSA) is 111 Å². The van der Waals surface area contributed by atoms with E-state index >= 15 is 0 Å². The Morgan fingerprint density at radius 2 is 1.75 bits per heavy atom. The third-order valence-electron chi connectivity index (χ3n) is 5.20. The molecule has 1 amide bonds. The molecule has 2 aliphatic rings. The van der Waals surface area contributed by atoms with E-state index in [4.69, 9.17) is 19.8 Å². The average molecular weight is 391 g/mol. The van der Waals surface area contributed by atoms with Gasteiger partial charge in [-0.15, -0.1) is 0 Å². The number of nitrogens with zero attached hydrogens (tertiary/aromatic N) is 3. The zero-order valence-electron chi connectivity index (χ0n) is 16.3. The number of hydrogen-bond acceptors (Lipinski definition) is 5. The van der Waals surface area contributed by atoms with E-state index in [1.54, 1.807) is 0 Å². The van der Waals surface area contributed by atoms with Crippen LogP contribution in [0, 0.1) is 11.8 Å². The first-order valence-electron chi connectivity index (χ1n) is 9.74. The molecular weight excluding hydrogens is 362 g/mol. The van der Waals surface area contributed by atoms with Crippen LogP contribution in [-0.2, 0) is 20.9 Å². The number of pyridine rings is 1. The Morgan fingerprint density at radius 3 is 2.29 bits per heavy atom. The number of carboxylic acids is 2. The van der Waals surface area contributed by atoms with Gasteiger partial charge in [-0.25, -0.2) is 9.59 Å². The van der Waals surface area contributed by atoms with E-state index in [1.807, 2.05) is 18.3 Å². The molecule has 8 nitrogen and oxygen atoms in total. The SMILES string of the molecule is CC1CCCN(C(=O)C2CCN(Cc3ccccn3)CC2)C1.O=C(O)C(=O)O. The van der Waals surface area contributed by atoms with Gasteiger partial charge in [0.05, 0.1) is 5.69 Å². The van der Waals surface area contributed by atoms with Gasteiger partial charge < -0.3 is 15.1 Å². The smallest absolute Gasteiger partial charge is 0.414 e. The number of hydrogen-bond donors (Lipinski definition) is 2. The molecule has 1 aromatic rings. The second-order valence-electron chi connectivity index (χ2n) is 7.51. The van der Waals surface area contributed by atoms with Crippen LogP contribution in [0.25, 0.3) is 0 Å². The van der Waals surface area contributed by atoms with Crippen molar-refractivity contribution in [2.24, 2.45) is 11.8 Å². The molecule has 0 spiro atoms.